The van der Waals surface area contributed by atoms with Gasteiger partial charge in [0.1, 0.15) is 23.0 Å². The number of hydrogen-bond acceptors (Lipinski definition) is 4. The van der Waals surface area contributed by atoms with Gasteiger partial charge < -0.3 is 14.2 Å². The lowest BCUT2D eigenvalue weighted by molar-refractivity contribution is 0.278. The first-order chi connectivity index (χ1) is 16.4. The van der Waals surface area contributed by atoms with Gasteiger partial charge in [-0.1, -0.05) is 43.7 Å². The highest BCUT2D eigenvalue weighted by Gasteiger charge is 2.41. The van der Waals surface area contributed by atoms with Crippen LogP contribution in [-0.4, -0.2) is 19.9 Å². The zero-order valence-corrected chi connectivity index (χ0v) is 20.5. The summed E-state index contributed by atoms with van der Waals surface area (Å²) in [4.78, 5) is 5.17. The lowest BCUT2D eigenvalue weighted by atomic mass is 9.69. The lowest BCUT2D eigenvalue weighted by Crippen LogP contribution is -2.33. The second-order valence-corrected chi connectivity index (χ2v) is 9.96. The van der Waals surface area contributed by atoms with E-state index in [1.807, 2.05) is 36.4 Å². The van der Waals surface area contributed by atoms with Gasteiger partial charge in [-0.2, -0.15) is 0 Å². The third kappa shape index (κ3) is 4.21. The van der Waals surface area contributed by atoms with Crippen molar-refractivity contribution in [1.29, 1.82) is 0 Å². The molecular weight excluding hydrogens is 422 g/mol. The van der Waals surface area contributed by atoms with Crippen LogP contribution in [0.5, 0.6) is 17.2 Å². The highest BCUT2D eigenvalue weighted by molar-refractivity contribution is 6.05. The Hall–Kier alpha value is -3.53. The number of ether oxygens (including phenoxy) is 3. The number of allylic oxidation sites excluding steroid dienone is 2. The Balaban J connectivity index is 1.71. The van der Waals surface area contributed by atoms with E-state index in [4.69, 9.17) is 19.2 Å². The summed E-state index contributed by atoms with van der Waals surface area (Å²) in [5.74, 6) is 3.60. The average molecular weight is 454 g/mol. The molecular formula is C30H31NO3. The molecule has 3 aromatic rings. The molecule has 0 spiro atoms. The molecule has 0 fully saturated rings. The van der Waals surface area contributed by atoms with Crippen LogP contribution in [0.1, 0.15) is 49.3 Å². The molecule has 0 bridgehead atoms. The van der Waals surface area contributed by atoms with Crippen LogP contribution in [0.4, 0.5) is 5.69 Å². The summed E-state index contributed by atoms with van der Waals surface area (Å²) in [6.07, 6.45) is 1.75. The van der Waals surface area contributed by atoms with Gasteiger partial charge >= 0.3 is 0 Å². The van der Waals surface area contributed by atoms with Gasteiger partial charge in [0.05, 0.1) is 19.9 Å². The van der Waals surface area contributed by atoms with Gasteiger partial charge in [-0.05, 0) is 66.8 Å². The Bertz CT molecular complexity index is 1270. The summed E-state index contributed by atoms with van der Waals surface area (Å²) in [5, 5.41) is 0. The average Bonchev–Trinajstić information content (AvgIpc) is 2.83. The van der Waals surface area contributed by atoms with E-state index in [-0.39, 0.29) is 11.3 Å². The van der Waals surface area contributed by atoms with Crippen LogP contribution in [0.25, 0.3) is 0 Å². The summed E-state index contributed by atoms with van der Waals surface area (Å²) in [7, 11) is 3.38. The third-order valence-electron chi connectivity index (χ3n) is 6.69. The zero-order valence-electron chi connectivity index (χ0n) is 20.5. The van der Waals surface area contributed by atoms with Crippen molar-refractivity contribution in [1.82, 2.24) is 0 Å². The molecule has 2 aliphatic rings. The minimum Gasteiger partial charge on any atom is -0.497 e. The number of hydrogen-bond donors (Lipinski definition) is 0. The Morgan fingerprint density at radius 3 is 2.21 bits per heavy atom. The van der Waals surface area contributed by atoms with Crippen LogP contribution in [0, 0.1) is 12.3 Å². The monoisotopic (exact) mass is 453 g/mol. The van der Waals surface area contributed by atoms with E-state index in [2.05, 4.69) is 51.1 Å². The van der Waals surface area contributed by atoms with Crippen molar-refractivity contribution < 1.29 is 14.2 Å². The summed E-state index contributed by atoms with van der Waals surface area (Å²) in [6.45, 7) is 6.69. The van der Waals surface area contributed by atoms with Crippen molar-refractivity contribution in [3.05, 3.63) is 94.8 Å². The molecule has 174 valence electrons. The van der Waals surface area contributed by atoms with Gasteiger partial charge in [-0.15, -0.1) is 0 Å². The molecule has 1 atom stereocenters. The number of aliphatic imine (C=N–C) groups is 1. The summed E-state index contributed by atoms with van der Waals surface area (Å²) >= 11 is 0. The lowest BCUT2D eigenvalue weighted by Gasteiger charge is -2.40. The van der Waals surface area contributed by atoms with Crippen molar-refractivity contribution in [2.24, 2.45) is 10.4 Å². The van der Waals surface area contributed by atoms with E-state index in [0.29, 0.717) is 0 Å². The van der Waals surface area contributed by atoms with Crippen LogP contribution < -0.4 is 14.2 Å². The Morgan fingerprint density at radius 1 is 0.853 bits per heavy atom. The van der Waals surface area contributed by atoms with Crippen molar-refractivity contribution >= 4 is 11.4 Å². The molecule has 4 nitrogen and oxygen atoms in total. The topological polar surface area (TPSA) is 40.0 Å². The second kappa shape index (κ2) is 8.68. The molecule has 34 heavy (non-hydrogen) atoms. The molecule has 0 aromatic heterocycles. The van der Waals surface area contributed by atoms with E-state index in [0.717, 1.165) is 52.8 Å². The third-order valence-corrected chi connectivity index (χ3v) is 6.69. The second-order valence-electron chi connectivity index (χ2n) is 9.96. The van der Waals surface area contributed by atoms with E-state index in [1.54, 1.807) is 14.2 Å². The standard InChI is InChI=1S/C30H31NO3/c1-19-6-8-20(9-7-19)28-24-16-23(33-5)14-15-26(24)34-27-18-30(2,3)17-25(29(27)28)31-21-10-12-22(32-4)13-11-21/h6-16,28H,17-18H2,1-5H3/t28-/m0/s1. The number of benzene rings is 3. The highest BCUT2D eigenvalue weighted by atomic mass is 16.5. The maximum absolute atomic E-state index is 6.57. The molecule has 0 unspecified atom stereocenters. The van der Waals surface area contributed by atoms with Gasteiger partial charge in [0.25, 0.3) is 0 Å². The van der Waals surface area contributed by atoms with Gasteiger partial charge in [-0.3, -0.25) is 4.99 Å². The predicted octanol–water partition coefficient (Wildman–Crippen LogP) is 7.38. The Labute approximate surface area is 201 Å². The first-order valence-corrected chi connectivity index (χ1v) is 11.7. The highest BCUT2D eigenvalue weighted by Crippen LogP contribution is 2.51. The quantitative estimate of drug-likeness (QED) is 0.414. The summed E-state index contributed by atoms with van der Waals surface area (Å²) < 4.78 is 17.5. The molecule has 1 heterocycles. The van der Waals surface area contributed by atoms with Crippen molar-refractivity contribution in [3.8, 4) is 17.2 Å². The maximum Gasteiger partial charge on any atom is 0.131 e. The number of aryl methyl sites for hydroxylation is 1. The van der Waals surface area contributed by atoms with Crippen molar-refractivity contribution in [2.45, 2.75) is 39.5 Å². The molecule has 0 saturated carbocycles. The van der Waals surface area contributed by atoms with Crippen LogP contribution >= 0.6 is 0 Å². The van der Waals surface area contributed by atoms with Gasteiger partial charge in [0, 0.05) is 29.2 Å². The van der Waals surface area contributed by atoms with Crippen LogP contribution in [0.3, 0.4) is 0 Å². The first-order valence-electron chi connectivity index (χ1n) is 11.7. The van der Waals surface area contributed by atoms with E-state index in [1.165, 1.54) is 16.7 Å². The molecule has 1 aliphatic carbocycles. The fourth-order valence-corrected chi connectivity index (χ4v) is 5.00. The van der Waals surface area contributed by atoms with Gasteiger partial charge in [-0.25, -0.2) is 0 Å². The smallest absolute Gasteiger partial charge is 0.131 e. The van der Waals surface area contributed by atoms with Crippen LogP contribution in [0.2, 0.25) is 0 Å². The Kier molecular flexibility index (Phi) is 5.68. The summed E-state index contributed by atoms with van der Waals surface area (Å²) in [5.41, 5.74) is 6.82. The SMILES string of the molecule is COc1ccc(N=C2CC(C)(C)CC3=C2[C@@H](c2ccc(C)cc2)c2cc(OC)ccc2O3)cc1. The largest absolute Gasteiger partial charge is 0.497 e. The molecule has 0 radical (unpaired) electrons. The minimum atomic E-state index is 0.0301. The molecule has 0 N–H and O–H groups in total. The van der Waals surface area contributed by atoms with E-state index in [9.17, 15) is 0 Å². The number of nitrogens with zero attached hydrogens (tertiary/aromatic N) is 1. The van der Waals surface area contributed by atoms with Gasteiger partial charge in [0.2, 0.25) is 0 Å². The fourth-order valence-electron chi connectivity index (χ4n) is 5.00. The zero-order chi connectivity index (χ0) is 23.9. The molecule has 0 amide bonds. The molecule has 4 heteroatoms. The number of rotatable bonds is 4. The van der Waals surface area contributed by atoms with Crippen LogP contribution in [-0.2, 0) is 0 Å². The number of fused-ring (bicyclic) bond motifs is 1. The molecule has 1 aliphatic heterocycles. The van der Waals surface area contributed by atoms with Crippen molar-refractivity contribution in [3.63, 3.8) is 0 Å². The normalized spacial score (nSPS) is 19.8. The molecule has 3 aromatic carbocycles. The minimum absolute atomic E-state index is 0.0301. The molecule has 5 rings (SSSR count). The first kappa shape index (κ1) is 22.3. The van der Waals surface area contributed by atoms with Gasteiger partial charge in [0.15, 0.2) is 0 Å². The molecule has 0 saturated heterocycles. The van der Waals surface area contributed by atoms with E-state index >= 15 is 0 Å². The predicted molar refractivity (Wildman–Crippen MR) is 137 cm³/mol. The van der Waals surface area contributed by atoms with Crippen LogP contribution in [0.15, 0.2) is 83.1 Å². The number of methoxy groups -OCH3 is 2. The maximum atomic E-state index is 6.57. The fraction of sp³-hybridized carbons (Fsp3) is 0.300. The van der Waals surface area contributed by atoms with E-state index < -0.39 is 0 Å². The Morgan fingerprint density at radius 2 is 1.53 bits per heavy atom. The summed E-state index contributed by atoms with van der Waals surface area (Å²) in [6, 6.07) is 22.8. The van der Waals surface area contributed by atoms with Crippen molar-refractivity contribution in [2.75, 3.05) is 14.2 Å².